The van der Waals surface area contributed by atoms with Gasteiger partial charge in [-0.2, -0.15) is 0 Å². The Morgan fingerprint density at radius 1 is 0.966 bits per heavy atom. The predicted molar refractivity (Wildman–Crippen MR) is 117 cm³/mol. The molecule has 0 atom stereocenters. The Balaban J connectivity index is 1.70. The normalized spacial score (nSPS) is 11.3. The van der Waals surface area contributed by atoms with Gasteiger partial charge in [-0.25, -0.2) is 0 Å². The maximum atomic E-state index is 5.98. The van der Waals surface area contributed by atoms with Crippen LogP contribution in [0.3, 0.4) is 0 Å². The summed E-state index contributed by atoms with van der Waals surface area (Å²) in [5, 5.41) is 3.75. The zero-order valence-electron chi connectivity index (χ0n) is 17.8. The molecule has 0 fully saturated rings. The molecule has 0 heterocycles. The molecule has 0 saturated heterocycles. The Kier molecular flexibility index (Phi) is 9.80. The van der Waals surface area contributed by atoms with Gasteiger partial charge in [0.2, 0.25) is 0 Å². The van der Waals surface area contributed by atoms with Crippen molar-refractivity contribution in [2.45, 2.75) is 33.8 Å². The Labute approximate surface area is 173 Å². The monoisotopic (exact) mass is 397 g/mol. The van der Waals surface area contributed by atoms with E-state index in [0.29, 0.717) is 26.4 Å². The highest BCUT2D eigenvalue weighted by Crippen LogP contribution is 2.28. The average Bonchev–Trinajstić information content (AvgIpc) is 2.71. The Morgan fingerprint density at radius 3 is 2.34 bits per heavy atom. The Hall–Kier alpha value is -2.79. The van der Waals surface area contributed by atoms with Gasteiger partial charge in [-0.05, 0) is 55.2 Å². The van der Waals surface area contributed by atoms with E-state index in [1.165, 1.54) is 7.11 Å². The van der Waals surface area contributed by atoms with E-state index in [-0.39, 0.29) is 0 Å². The van der Waals surface area contributed by atoms with Crippen LogP contribution in [0.1, 0.15) is 35.6 Å². The number of nitrogens with zero attached hydrogens (tertiary/aromatic N) is 1. The maximum Gasteiger partial charge on any atom is 0.125 e. The van der Waals surface area contributed by atoms with Crippen LogP contribution in [0.2, 0.25) is 0 Å². The first-order valence-corrected chi connectivity index (χ1v) is 9.85. The van der Waals surface area contributed by atoms with Crippen molar-refractivity contribution in [2.24, 2.45) is 5.16 Å². The quantitative estimate of drug-likeness (QED) is 0.213. The van der Waals surface area contributed by atoms with Gasteiger partial charge < -0.3 is 19.0 Å². The second-order valence-corrected chi connectivity index (χ2v) is 6.68. The van der Waals surface area contributed by atoms with Crippen molar-refractivity contribution < 1.29 is 19.0 Å². The molecule has 0 unspecified atom stereocenters. The Morgan fingerprint density at radius 2 is 1.69 bits per heavy atom. The molecule has 2 aromatic carbocycles. The van der Waals surface area contributed by atoms with Gasteiger partial charge in [0.1, 0.15) is 25.2 Å². The van der Waals surface area contributed by atoms with Crippen LogP contribution in [-0.4, -0.2) is 33.1 Å². The van der Waals surface area contributed by atoms with Gasteiger partial charge in [-0.1, -0.05) is 41.6 Å². The summed E-state index contributed by atoms with van der Waals surface area (Å²) in [5.74, 6) is 1.80. The van der Waals surface area contributed by atoms with E-state index >= 15 is 0 Å². The standard InChI is InChI=1S/C24H31NO4/c1-5-6-13-28-23-15-19(2)24(20(3)16-23)29-14-7-12-27-18-22-10-8-21(9-11-22)17-25-26-4/h5-6,8-11,15-17H,7,12-14,18H2,1-4H3/b6-5+,25-17+. The zero-order valence-corrected chi connectivity index (χ0v) is 17.8. The van der Waals surface area contributed by atoms with Crippen molar-refractivity contribution in [2.75, 3.05) is 26.9 Å². The predicted octanol–water partition coefficient (Wildman–Crippen LogP) is 5.22. The number of rotatable bonds is 12. The molecule has 5 heteroatoms. The van der Waals surface area contributed by atoms with Crippen molar-refractivity contribution in [1.29, 1.82) is 0 Å². The molecule has 29 heavy (non-hydrogen) atoms. The molecule has 0 spiro atoms. The van der Waals surface area contributed by atoms with Gasteiger partial charge in [-0.15, -0.1) is 0 Å². The fourth-order valence-electron chi connectivity index (χ4n) is 2.80. The first-order valence-electron chi connectivity index (χ1n) is 9.85. The summed E-state index contributed by atoms with van der Waals surface area (Å²) in [7, 11) is 1.53. The fourth-order valence-corrected chi connectivity index (χ4v) is 2.80. The van der Waals surface area contributed by atoms with Gasteiger partial charge in [0.05, 0.1) is 26.0 Å². The molecular weight excluding hydrogens is 366 g/mol. The molecule has 0 bridgehead atoms. The van der Waals surface area contributed by atoms with Gasteiger partial charge in [-0.3, -0.25) is 0 Å². The SMILES string of the molecule is C/C=C/COc1cc(C)c(OCCCOCc2ccc(/C=N/OC)cc2)c(C)c1. The van der Waals surface area contributed by atoms with Crippen LogP contribution < -0.4 is 9.47 Å². The summed E-state index contributed by atoms with van der Waals surface area (Å²) in [6.45, 7) is 8.50. The molecule has 0 aliphatic heterocycles. The van der Waals surface area contributed by atoms with E-state index in [4.69, 9.17) is 14.2 Å². The minimum Gasteiger partial charge on any atom is -0.493 e. The first-order chi connectivity index (χ1) is 14.1. The summed E-state index contributed by atoms with van der Waals surface area (Å²) in [5.41, 5.74) is 4.28. The van der Waals surface area contributed by atoms with E-state index in [1.807, 2.05) is 69.3 Å². The van der Waals surface area contributed by atoms with Crippen molar-refractivity contribution in [1.82, 2.24) is 0 Å². The number of ether oxygens (including phenoxy) is 3. The molecule has 0 aliphatic rings. The van der Waals surface area contributed by atoms with E-state index < -0.39 is 0 Å². The van der Waals surface area contributed by atoms with E-state index in [9.17, 15) is 0 Å². The molecular formula is C24H31NO4. The third-order valence-corrected chi connectivity index (χ3v) is 4.25. The highest BCUT2D eigenvalue weighted by atomic mass is 16.6. The summed E-state index contributed by atoms with van der Waals surface area (Å²) < 4.78 is 17.4. The Bertz CT molecular complexity index is 774. The third-order valence-electron chi connectivity index (χ3n) is 4.25. The smallest absolute Gasteiger partial charge is 0.125 e. The van der Waals surface area contributed by atoms with Crippen LogP contribution in [0.25, 0.3) is 0 Å². The lowest BCUT2D eigenvalue weighted by Gasteiger charge is -2.14. The molecule has 0 amide bonds. The summed E-state index contributed by atoms with van der Waals surface area (Å²) >= 11 is 0. The highest BCUT2D eigenvalue weighted by molar-refractivity contribution is 5.79. The maximum absolute atomic E-state index is 5.98. The van der Waals surface area contributed by atoms with Gasteiger partial charge in [0.25, 0.3) is 0 Å². The number of benzene rings is 2. The van der Waals surface area contributed by atoms with E-state index in [1.54, 1.807) is 6.21 Å². The third kappa shape index (κ3) is 8.00. The number of oxime groups is 1. The summed E-state index contributed by atoms with van der Waals surface area (Å²) in [4.78, 5) is 4.67. The van der Waals surface area contributed by atoms with Crippen LogP contribution in [0.5, 0.6) is 11.5 Å². The molecule has 2 aromatic rings. The summed E-state index contributed by atoms with van der Waals surface area (Å²) in [6.07, 6.45) is 6.47. The van der Waals surface area contributed by atoms with Crippen molar-refractivity contribution >= 4 is 6.21 Å². The van der Waals surface area contributed by atoms with Crippen LogP contribution >= 0.6 is 0 Å². The van der Waals surface area contributed by atoms with Crippen LogP contribution in [0, 0.1) is 13.8 Å². The molecule has 5 nitrogen and oxygen atoms in total. The molecule has 156 valence electrons. The highest BCUT2D eigenvalue weighted by Gasteiger charge is 2.07. The first kappa shape index (κ1) is 22.5. The van der Waals surface area contributed by atoms with Crippen molar-refractivity contribution in [3.8, 4) is 11.5 Å². The largest absolute Gasteiger partial charge is 0.493 e. The topological polar surface area (TPSA) is 49.3 Å². The van der Waals surface area contributed by atoms with Crippen LogP contribution in [0.4, 0.5) is 0 Å². The minimum absolute atomic E-state index is 0.580. The fraction of sp³-hybridized carbons (Fsp3) is 0.375. The lowest BCUT2D eigenvalue weighted by atomic mass is 10.1. The van der Waals surface area contributed by atoms with E-state index in [2.05, 4.69) is 9.99 Å². The summed E-state index contributed by atoms with van der Waals surface area (Å²) in [6, 6.07) is 12.1. The van der Waals surface area contributed by atoms with Gasteiger partial charge >= 0.3 is 0 Å². The van der Waals surface area contributed by atoms with Crippen LogP contribution in [-0.2, 0) is 16.2 Å². The van der Waals surface area contributed by atoms with E-state index in [0.717, 1.165) is 40.2 Å². The lowest BCUT2D eigenvalue weighted by molar-refractivity contribution is 0.107. The van der Waals surface area contributed by atoms with Crippen molar-refractivity contribution in [3.63, 3.8) is 0 Å². The second-order valence-electron chi connectivity index (χ2n) is 6.68. The van der Waals surface area contributed by atoms with Crippen molar-refractivity contribution in [3.05, 3.63) is 70.8 Å². The number of hydrogen-bond acceptors (Lipinski definition) is 5. The molecule has 0 aromatic heterocycles. The molecule has 0 radical (unpaired) electrons. The lowest BCUT2D eigenvalue weighted by Crippen LogP contribution is -2.05. The van der Waals surface area contributed by atoms with Gasteiger partial charge in [0.15, 0.2) is 0 Å². The van der Waals surface area contributed by atoms with Crippen LogP contribution in [0.15, 0.2) is 53.7 Å². The minimum atomic E-state index is 0.580. The number of allylic oxidation sites excluding steroid dienone is 1. The molecule has 2 rings (SSSR count). The molecule has 0 aliphatic carbocycles. The molecule has 0 saturated carbocycles. The number of aryl methyl sites for hydroxylation is 2. The van der Waals surface area contributed by atoms with Gasteiger partial charge in [0, 0.05) is 6.42 Å². The zero-order chi connectivity index (χ0) is 20.9. The number of hydrogen-bond donors (Lipinski definition) is 0. The average molecular weight is 398 g/mol. The molecule has 0 N–H and O–H groups in total. The second kappa shape index (κ2) is 12.6.